The fraction of sp³-hybridized carbons (Fsp3) is 0.400. The summed E-state index contributed by atoms with van der Waals surface area (Å²) >= 11 is 2.98. The normalized spacial score (nSPS) is 19.4. The molecule has 1 atom stereocenters. The molecule has 25 heavy (non-hydrogen) atoms. The molecule has 0 spiro atoms. The Morgan fingerprint density at radius 1 is 1.36 bits per heavy atom. The molecule has 1 saturated heterocycles. The molecule has 10 heteroatoms. The third-order valence-electron chi connectivity index (χ3n) is 3.90. The topological polar surface area (TPSA) is 99.1 Å². The van der Waals surface area contributed by atoms with E-state index in [1.807, 2.05) is 23.6 Å². The summed E-state index contributed by atoms with van der Waals surface area (Å²) < 4.78 is 33.9. The molecule has 0 aliphatic carbocycles. The van der Waals surface area contributed by atoms with E-state index in [2.05, 4.69) is 15.4 Å². The summed E-state index contributed by atoms with van der Waals surface area (Å²) in [5.74, 6) is 2.35. The van der Waals surface area contributed by atoms with Crippen LogP contribution in [0.2, 0.25) is 0 Å². The molecule has 1 aliphatic heterocycles. The van der Waals surface area contributed by atoms with E-state index in [0.717, 1.165) is 16.3 Å². The molecule has 132 valence electrons. The maximum absolute atomic E-state index is 11.5. The Bertz CT molecular complexity index is 947. The van der Waals surface area contributed by atoms with Crippen LogP contribution in [-0.4, -0.2) is 35.3 Å². The Balaban J connectivity index is 1.33. The number of rotatable bonds is 6. The minimum atomic E-state index is -2.88. The van der Waals surface area contributed by atoms with E-state index in [1.54, 1.807) is 11.3 Å². The number of hydrogen-bond donors (Lipinski definition) is 0. The molecule has 1 fully saturated rings. The molecule has 7 nitrogen and oxygen atoms in total. The van der Waals surface area contributed by atoms with Gasteiger partial charge in [0, 0.05) is 18.2 Å². The lowest BCUT2D eigenvalue weighted by Gasteiger charge is -2.01. The van der Waals surface area contributed by atoms with Crippen LogP contribution >= 0.6 is 23.1 Å². The van der Waals surface area contributed by atoms with Crippen molar-refractivity contribution in [2.75, 3.05) is 11.5 Å². The molecule has 3 aromatic heterocycles. The Morgan fingerprint density at radius 3 is 3.04 bits per heavy atom. The highest BCUT2D eigenvalue weighted by molar-refractivity contribution is 7.98. The monoisotopic (exact) mass is 397 g/mol. The van der Waals surface area contributed by atoms with Crippen molar-refractivity contribution in [2.24, 2.45) is 5.92 Å². The summed E-state index contributed by atoms with van der Waals surface area (Å²) in [7, 11) is -2.88. The minimum Gasteiger partial charge on any atom is -0.416 e. The van der Waals surface area contributed by atoms with Crippen LogP contribution in [-0.2, 0) is 22.0 Å². The van der Waals surface area contributed by atoms with E-state index in [0.29, 0.717) is 29.7 Å². The molecule has 4 rings (SSSR count). The zero-order valence-electron chi connectivity index (χ0n) is 13.1. The number of thiophene rings is 1. The first-order valence-corrected chi connectivity index (χ1v) is 11.4. The van der Waals surface area contributed by atoms with Gasteiger partial charge in [-0.1, -0.05) is 23.0 Å². The fourth-order valence-electron chi connectivity index (χ4n) is 2.71. The summed E-state index contributed by atoms with van der Waals surface area (Å²) in [6, 6.07) is 5.85. The summed E-state index contributed by atoms with van der Waals surface area (Å²) in [5.41, 5.74) is 0.801. The van der Waals surface area contributed by atoms with E-state index in [4.69, 9.17) is 8.94 Å². The molecule has 0 aromatic carbocycles. The first kappa shape index (κ1) is 16.8. The highest BCUT2D eigenvalue weighted by Gasteiger charge is 2.29. The van der Waals surface area contributed by atoms with E-state index < -0.39 is 9.84 Å². The molecule has 0 saturated carbocycles. The van der Waals surface area contributed by atoms with Crippen molar-refractivity contribution >= 4 is 32.9 Å². The van der Waals surface area contributed by atoms with Crippen molar-refractivity contribution < 1.29 is 17.4 Å². The van der Waals surface area contributed by atoms with Gasteiger partial charge in [-0.15, -0.1) is 21.5 Å². The second-order valence-electron chi connectivity index (χ2n) is 5.88. The summed E-state index contributed by atoms with van der Waals surface area (Å²) in [6.07, 6.45) is 1.18. The van der Waals surface area contributed by atoms with Gasteiger partial charge < -0.3 is 8.94 Å². The molecule has 0 unspecified atom stereocenters. The van der Waals surface area contributed by atoms with E-state index in [1.165, 1.54) is 11.8 Å². The zero-order chi connectivity index (χ0) is 17.3. The van der Waals surface area contributed by atoms with Crippen LogP contribution in [0, 0.1) is 5.92 Å². The average Bonchev–Trinajstić information content (AvgIpc) is 3.32. The first-order valence-electron chi connectivity index (χ1n) is 7.72. The van der Waals surface area contributed by atoms with Crippen molar-refractivity contribution in [2.45, 2.75) is 23.8 Å². The Morgan fingerprint density at radius 2 is 2.28 bits per heavy atom. The van der Waals surface area contributed by atoms with Crippen LogP contribution in [0.25, 0.3) is 10.6 Å². The van der Waals surface area contributed by atoms with Crippen molar-refractivity contribution in [3.8, 4) is 10.6 Å². The van der Waals surface area contributed by atoms with Crippen LogP contribution < -0.4 is 0 Å². The van der Waals surface area contributed by atoms with Gasteiger partial charge in [-0.05, 0) is 23.8 Å². The van der Waals surface area contributed by atoms with Crippen molar-refractivity contribution in [3.63, 3.8) is 0 Å². The standard InChI is InChI=1S/C15H15N3O4S3/c19-25(20)5-3-10(9-25)6-14-16-17-15(21-14)24-8-11-7-12(22-18-11)13-2-1-4-23-13/h1-2,4,7,10H,3,5-6,8-9H2/t10-/m1/s1. The Kier molecular flexibility index (Phi) is 4.65. The van der Waals surface area contributed by atoms with Gasteiger partial charge in [0.2, 0.25) is 5.89 Å². The third kappa shape index (κ3) is 4.13. The quantitative estimate of drug-likeness (QED) is 0.585. The fourth-order valence-corrected chi connectivity index (χ4v) is 5.91. The maximum Gasteiger partial charge on any atom is 0.276 e. The Hall–Kier alpha value is -1.65. The van der Waals surface area contributed by atoms with Crippen LogP contribution in [0.4, 0.5) is 0 Å². The van der Waals surface area contributed by atoms with E-state index in [9.17, 15) is 8.42 Å². The highest BCUT2D eigenvalue weighted by atomic mass is 32.2. The largest absolute Gasteiger partial charge is 0.416 e. The van der Waals surface area contributed by atoms with Gasteiger partial charge in [-0.25, -0.2) is 8.42 Å². The molecule has 0 N–H and O–H groups in total. The van der Waals surface area contributed by atoms with E-state index >= 15 is 0 Å². The van der Waals surface area contributed by atoms with Gasteiger partial charge >= 0.3 is 0 Å². The van der Waals surface area contributed by atoms with Gasteiger partial charge in [0.05, 0.1) is 22.1 Å². The smallest absolute Gasteiger partial charge is 0.276 e. The second kappa shape index (κ2) is 6.93. The minimum absolute atomic E-state index is 0.0761. The Labute approximate surface area is 152 Å². The summed E-state index contributed by atoms with van der Waals surface area (Å²) in [5, 5.41) is 14.5. The predicted molar refractivity (Wildman–Crippen MR) is 94.1 cm³/mol. The van der Waals surface area contributed by atoms with Gasteiger partial charge in [0.1, 0.15) is 0 Å². The highest BCUT2D eigenvalue weighted by Crippen LogP contribution is 2.28. The van der Waals surface area contributed by atoms with E-state index in [-0.39, 0.29) is 17.4 Å². The average molecular weight is 398 g/mol. The number of aromatic nitrogens is 3. The number of sulfone groups is 1. The van der Waals surface area contributed by atoms with Crippen molar-refractivity contribution in [1.29, 1.82) is 0 Å². The lowest BCUT2D eigenvalue weighted by atomic mass is 10.1. The number of thioether (sulfide) groups is 1. The SMILES string of the molecule is O=S1(=O)CC[C@H](Cc2nnc(SCc3cc(-c4cccs4)on3)o2)C1. The number of hydrogen-bond acceptors (Lipinski definition) is 9. The van der Waals surface area contributed by atoms with Gasteiger partial charge in [-0.3, -0.25) is 0 Å². The van der Waals surface area contributed by atoms with Crippen molar-refractivity contribution in [1.82, 2.24) is 15.4 Å². The number of nitrogens with zero attached hydrogens (tertiary/aromatic N) is 3. The van der Waals surface area contributed by atoms with Crippen LogP contribution in [0.1, 0.15) is 18.0 Å². The van der Waals surface area contributed by atoms with Gasteiger partial charge in [0.15, 0.2) is 15.6 Å². The molecular formula is C15H15N3O4S3. The molecule has 1 aliphatic rings. The molecular weight excluding hydrogens is 382 g/mol. The van der Waals surface area contributed by atoms with Crippen LogP contribution in [0.5, 0.6) is 0 Å². The second-order valence-corrected chi connectivity index (χ2v) is 9.99. The summed E-state index contributed by atoms with van der Waals surface area (Å²) in [6.45, 7) is 0. The first-order chi connectivity index (χ1) is 12.1. The van der Waals surface area contributed by atoms with Gasteiger partial charge in [0.25, 0.3) is 5.22 Å². The van der Waals surface area contributed by atoms with Crippen LogP contribution in [0.3, 0.4) is 0 Å². The molecule has 0 amide bonds. The summed E-state index contributed by atoms with van der Waals surface area (Å²) in [4.78, 5) is 1.04. The van der Waals surface area contributed by atoms with Gasteiger partial charge in [-0.2, -0.15) is 0 Å². The zero-order valence-corrected chi connectivity index (χ0v) is 15.6. The lowest BCUT2D eigenvalue weighted by molar-refractivity contribution is 0.389. The maximum atomic E-state index is 11.5. The molecule has 0 bridgehead atoms. The van der Waals surface area contributed by atoms with Crippen LogP contribution in [0.15, 0.2) is 37.7 Å². The molecule has 4 heterocycles. The molecule has 3 aromatic rings. The van der Waals surface area contributed by atoms with Crippen molar-refractivity contribution in [3.05, 3.63) is 35.2 Å². The molecule has 0 radical (unpaired) electrons. The predicted octanol–water partition coefficient (Wildman–Crippen LogP) is 3.06. The third-order valence-corrected chi connectivity index (χ3v) is 7.48. The lowest BCUT2D eigenvalue weighted by Crippen LogP contribution is -2.07.